The first kappa shape index (κ1) is 19.6. The second-order valence-electron chi connectivity index (χ2n) is 6.33. The molecule has 3 rings (SSSR count). The van der Waals surface area contributed by atoms with Crippen molar-refractivity contribution in [1.29, 1.82) is 0 Å². The Hall–Kier alpha value is -2.12. The third kappa shape index (κ3) is 5.43. The van der Waals surface area contributed by atoms with Crippen LogP contribution in [-0.4, -0.2) is 23.5 Å². The van der Waals surface area contributed by atoms with Crippen LogP contribution in [0.15, 0.2) is 70.5 Å². The summed E-state index contributed by atoms with van der Waals surface area (Å²) < 4.78 is 6.74. The Morgan fingerprint density at radius 1 is 1.19 bits per heavy atom. The Kier molecular flexibility index (Phi) is 7.06. The molecule has 1 atom stereocenters. The lowest BCUT2D eigenvalue weighted by Gasteiger charge is -2.17. The number of hydrogen-bond donors (Lipinski definition) is 2. The van der Waals surface area contributed by atoms with Crippen molar-refractivity contribution < 1.29 is 9.53 Å². The zero-order chi connectivity index (χ0) is 19.1. The SMILES string of the molecule is C/C=C(\I)CN[C@H](Cc1c[nH]c2ccccc12)C(=O)OCc1ccccc1. The van der Waals surface area contributed by atoms with E-state index < -0.39 is 6.04 Å². The van der Waals surface area contributed by atoms with Crippen LogP contribution in [0, 0.1) is 0 Å². The zero-order valence-electron chi connectivity index (χ0n) is 15.2. The molecule has 0 aliphatic rings. The van der Waals surface area contributed by atoms with Crippen molar-refractivity contribution >= 4 is 39.5 Å². The molecule has 0 bridgehead atoms. The first-order valence-corrected chi connectivity index (χ1v) is 10.0. The molecule has 0 amide bonds. The molecule has 3 aromatic rings. The number of H-pyrrole nitrogens is 1. The van der Waals surface area contributed by atoms with Crippen molar-refractivity contribution in [2.75, 3.05) is 6.54 Å². The summed E-state index contributed by atoms with van der Waals surface area (Å²) in [5.74, 6) is -0.232. The summed E-state index contributed by atoms with van der Waals surface area (Å²) in [5.41, 5.74) is 3.17. The zero-order valence-corrected chi connectivity index (χ0v) is 17.4. The molecule has 1 heterocycles. The molecule has 0 saturated carbocycles. The Bertz CT molecular complexity index is 918. The number of rotatable bonds is 8. The van der Waals surface area contributed by atoms with Crippen LogP contribution in [0.25, 0.3) is 10.9 Å². The highest BCUT2D eigenvalue weighted by atomic mass is 127. The molecule has 4 nitrogen and oxygen atoms in total. The number of aromatic nitrogens is 1. The van der Waals surface area contributed by atoms with E-state index in [9.17, 15) is 4.79 Å². The van der Waals surface area contributed by atoms with Gasteiger partial charge in [0.2, 0.25) is 0 Å². The maximum absolute atomic E-state index is 12.8. The van der Waals surface area contributed by atoms with Crippen LogP contribution in [0.5, 0.6) is 0 Å². The summed E-state index contributed by atoms with van der Waals surface area (Å²) in [5, 5.41) is 4.48. The minimum atomic E-state index is -0.405. The van der Waals surface area contributed by atoms with Gasteiger partial charge in [0.15, 0.2) is 0 Å². The largest absolute Gasteiger partial charge is 0.460 e. The summed E-state index contributed by atoms with van der Waals surface area (Å²) in [4.78, 5) is 16.0. The van der Waals surface area contributed by atoms with Crippen LogP contribution in [0.1, 0.15) is 18.1 Å². The molecule has 2 N–H and O–H groups in total. The highest BCUT2D eigenvalue weighted by Crippen LogP contribution is 2.20. The molecular weight excluding hydrogens is 451 g/mol. The summed E-state index contributed by atoms with van der Waals surface area (Å²) in [6.45, 7) is 2.92. The fourth-order valence-corrected chi connectivity index (χ4v) is 3.13. The molecule has 0 unspecified atom stereocenters. The number of hydrogen-bond acceptors (Lipinski definition) is 3. The van der Waals surface area contributed by atoms with E-state index in [1.807, 2.05) is 67.7 Å². The normalized spacial score (nSPS) is 12.9. The number of aromatic amines is 1. The monoisotopic (exact) mass is 474 g/mol. The van der Waals surface area contributed by atoms with Gasteiger partial charge in [-0.2, -0.15) is 0 Å². The number of ether oxygens (including phenoxy) is 1. The van der Waals surface area contributed by atoms with Crippen molar-refractivity contribution in [2.45, 2.75) is 26.0 Å². The lowest BCUT2D eigenvalue weighted by molar-refractivity contribution is -0.147. The van der Waals surface area contributed by atoms with Gasteiger partial charge in [0, 0.05) is 33.6 Å². The molecule has 1 aromatic heterocycles. The maximum atomic E-state index is 12.8. The van der Waals surface area contributed by atoms with Crippen LogP contribution in [-0.2, 0) is 22.6 Å². The van der Waals surface area contributed by atoms with Crippen LogP contribution in [0.4, 0.5) is 0 Å². The van der Waals surface area contributed by atoms with Gasteiger partial charge in [-0.1, -0.05) is 54.6 Å². The van der Waals surface area contributed by atoms with Crippen molar-refractivity contribution in [3.63, 3.8) is 0 Å². The molecular formula is C22H23IN2O2. The van der Waals surface area contributed by atoms with E-state index in [4.69, 9.17) is 4.74 Å². The molecule has 0 aliphatic heterocycles. The Labute approximate surface area is 173 Å². The molecule has 5 heteroatoms. The standard InChI is InChI=1S/C22H23IN2O2/c1-2-18(23)14-25-21(22(26)27-15-16-8-4-3-5-9-16)12-17-13-24-20-11-7-6-10-19(17)20/h2-11,13,21,24-25H,12,14-15H2,1H3/b18-2-/t21-/m1/s1. The highest BCUT2D eigenvalue weighted by molar-refractivity contribution is 14.1. The Balaban J connectivity index is 1.72. The third-order valence-corrected chi connectivity index (χ3v) is 5.44. The lowest BCUT2D eigenvalue weighted by atomic mass is 10.0. The first-order valence-electron chi connectivity index (χ1n) is 8.97. The summed E-state index contributed by atoms with van der Waals surface area (Å²) in [6.07, 6.45) is 4.58. The van der Waals surface area contributed by atoms with Crippen LogP contribution < -0.4 is 5.32 Å². The van der Waals surface area contributed by atoms with Crippen molar-refractivity contribution in [2.24, 2.45) is 0 Å². The lowest BCUT2D eigenvalue weighted by Crippen LogP contribution is -2.40. The number of fused-ring (bicyclic) bond motifs is 1. The van der Waals surface area contributed by atoms with Gasteiger partial charge in [-0.25, -0.2) is 0 Å². The van der Waals surface area contributed by atoms with E-state index in [0.29, 0.717) is 13.0 Å². The number of nitrogens with one attached hydrogen (secondary N) is 2. The Morgan fingerprint density at radius 2 is 1.93 bits per heavy atom. The molecule has 0 spiro atoms. The number of halogens is 1. The molecule has 140 valence electrons. The van der Waals surface area contributed by atoms with Gasteiger partial charge in [0.25, 0.3) is 0 Å². The molecule has 0 aliphatic carbocycles. The van der Waals surface area contributed by atoms with Crippen molar-refractivity contribution in [3.8, 4) is 0 Å². The molecule has 0 radical (unpaired) electrons. The first-order chi connectivity index (χ1) is 13.2. The second-order valence-corrected chi connectivity index (χ2v) is 7.71. The second kappa shape index (κ2) is 9.71. The summed E-state index contributed by atoms with van der Waals surface area (Å²) in [7, 11) is 0. The van der Waals surface area contributed by atoms with Crippen molar-refractivity contribution in [3.05, 3.63) is 81.6 Å². The number of para-hydroxylation sites is 1. The molecule has 0 fully saturated rings. The van der Waals surface area contributed by atoms with E-state index in [-0.39, 0.29) is 12.6 Å². The van der Waals surface area contributed by atoms with Gasteiger partial charge in [-0.15, -0.1) is 0 Å². The summed E-state index contributed by atoms with van der Waals surface area (Å²) in [6, 6.07) is 17.5. The van der Waals surface area contributed by atoms with Gasteiger partial charge in [-0.3, -0.25) is 10.1 Å². The van der Waals surface area contributed by atoms with Crippen LogP contribution >= 0.6 is 22.6 Å². The number of allylic oxidation sites excluding steroid dienone is 1. The van der Waals surface area contributed by atoms with Gasteiger partial charge in [0.1, 0.15) is 12.6 Å². The minimum Gasteiger partial charge on any atom is -0.460 e. The smallest absolute Gasteiger partial charge is 0.323 e. The van der Waals surface area contributed by atoms with Crippen LogP contribution in [0.2, 0.25) is 0 Å². The van der Waals surface area contributed by atoms with Gasteiger partial charge >= 0.3 is 5.97 Å². The van der Waals surface area contributed by atoms with Gasteiger partial charge < -0.3 is 9.72 Å². The molecule has 2 aromatic carbocycles. The topological polar surface area (TPSA) is 54.1 Å². The molecule has 0 saturated heterocycles. The number of esters is 1. The van der Waals surface area contributed by atoms with Gasteiger partial charge in [0.05, 0.1) is 0 Å². The fraction of sp³-hybridized carbons (Fsp3) is 0.227. The maximum Gasteiger partial charge on any atom is 0.323 e. The van der Waals surface area contributed by atoms with E-state index in [2.05, 4.69) is 39.0 Å². The van der Waals surface area contributed by atoms with Gasteiger partial charge in [-0.05, 0) is 46.7 Å². The number of carbonyl (C=O) groups is 1. The number of carbonyl (C=O) groups excluding carboxylic acids is 1. The minimum absolute atomic E-state index is 0.232. The quantitative estimate of drug-likeness (QED) is 0.366. The van der Waals surface area contributed by atoms with E-state index in [1.54, 1.807) is 0 Å². The van der Waals surface area contributed by atoms with Crippen LogP contribution in [0.3, 0.4) is 0 Å². The predicted molar refractivity (Wildman–Crippen MR) is 118 cm³/mol. The highest BCUT2D eigenvalue weighted by Gasteiger charge is 2.22. The van der Waals surface area contributed by atoms with E-state index >= 15 is 0 Å². The predicted octanol–water partition coefficient (Wildman–Crippen LogP) is 4.75. The average molecular weight is 474 g/mol. The van der Waals surface area contributed by atoms with E-state index in [0.717, 1.165) is 25.6 Å². The summed E-state index contributed by atoms with van der Waals surface area (Å²) >= 11 is 2.28. The Morgan fingerprint density at radius 3 is 2.70 bits per heavy atom. The number of benzene rings is 2. The fourth-order valence-electron chi connectivity index (χ4n) is 2.91. The van der Waals surface area contributed by atoms with E-state index in [1.165, 1.54) is 0 Å². The average Bonchev–Trinajstić information content (AvgIpc) is 3.12. The third-order valence-electron chi connectivity index (χ3n) is 4.44. The van der Waals surface area contributed by atoms with Crippen molar-refractivity contribution in [1.82, 2.24) is 10.3 Å². The molecule has 27 heavy (non-hydrogen) atoms.